The highest BCUT2D eigenvalue weighted by Crippen LogP contribution is 2.82. The average molecular weight is 1280 g/mol. The molecule has 0 amide bonds. The third kappa shape index (κ3) is 10.6. The van der Waals surface area contributed by atoms with Crippen molar-refractivity contribution in [1.29, 1.82) is 0 Å². The number of ether oxygens (including phenoxy) is 11. The number of esters is 2. The molecule has 5 heterocycles. The van der Waals surface area contributed by atoms with Crippen LogP contribution in [0.15, 0.2) is 11.6 Å². The summed E-state index contributed by atoms with van der Waals surface area (Å²) in [6.07, 6.45) is -39.2. The second-order valence-electron chi connectivity index (χ2n) is 29.2. The van der Waals surface area contributed by atoms with Crippen LogP contribution in [0.1, 0.15) is 128 Å². The molecule has 28 heteroatoms. The van der Waals surface area contributed by atoms with Gasteiger partial charge in [0, 0.05) is 29.2 Å². The summed E-state index contributed by atoms with van der Waals surface area (Å²) in [5.41, 5.74) is -5.90. The Morgan fingerprint density at radius 2 is 1.12 bits per heavy atom. The summed E-state index contributed by atoms with van der Waals surface area (Å²) in [6, 6.07) is 0. The predicted octanol–water partition coefficient (Wildman–Crippen LogP) is -1.88. The van der Waals surface area contributed by atoms with Crippen molar-refractivity contribution in [2.45, 2.75) is 287 Å². The molecule has 10 rings (SSSR count). The molecule has 508 valence electrons. The molecule has 0 radical (unpaired) electrons. The van der Waals surface area contributed by atoms with E-state index in [1.165, 1.54) is 13.8 Å². The lowest BCUT2D eigenvalue weighted by molar-refractivity contribution is -0.406. The number of carbonyl (C=O) groups is 3. The zero-order chi connectivity index (χ0) is 65.5. The molecule has 0 aromatic carbocycles. The monoisotopic (exact) mass is 1280 g/mol. The Morgan fingerprint density at radius 3 is 1.73 bits per heavy atom. The van der Waals surface area contributed by atoms with Crippen molar-refractivity contribution in [2.75, 3.05) is 13.2 Å². The number of carbonyl (C=O) groups excluding carboxylic acids is 2. The molecule has 5 aliphatic heterocycles. The predicted molar refractivity (Wildman–Crippen MR) is 298 cm³/mol. The van der Waals surface area contributed by atoms with Crippen LogP contribution in [0, 0.1) is 50.2 Å². The molecular weight excluding hydrogens is 1180 g/mol. The summed E-state index contributed by atoms with van der Waals surface area (Å²) in [5.74, 6) is -3.78. The fourth-order valence-electron chi connectivity index (χ4n) is 19.0. The number of aliphatic hydroxyl groups is 13. The number of carboxylic acid groups (broad SMARTS) is 1. The number of aliphatic carboxylic acids is 1. The topological polar surface area (TPSA) is 436 Å². The van der Waals surface area contributed by atoms with Gasteiger partial charge in [0.25, 0.3) is 0 Å². The largest absolute Gasteiger partial charge is 0.479 e. The molecule has 1 spiro atoms. The van der Waals surface area contributed by atoms with Crippen LogP contribution in [0.3, 0.4) is 0 Å². The van der Waals surface area contributed by atoms with Gasteiger partial charge in [-0.25, -0.2) is 9.59 Å². The lowest BCUT2D eigenvalue weighted by Crippen LogP contribution is -2.77. The summed E-state index contributed by atoms with van der Waals surface area (Å²) >= 11 is 0. The second-order valence-corrected chi connectivity index (χ2v) is 29.2. The number of hydrogen-bond acceptors (Lipinski definition) is 27. The molecule has 0 aromatic heterocycles. The number of carboxylic acids is 1. The van der Waals surface area contributed by atoms with Crippen molar-refractivity contribution >= 4 is 17.9 Å². The SMILES string of the molecule is C/C=C(/C)C(=O)O[C@H]1[C@H](O)[C@@]23[C@@H](CC1(C)C)[C@]1(CC[C@@H]4[C@@]5(C)CC[C@H](O[C@@H]6O[C@H](C(=O)O)[C@@H](O)[C@H](O[C@@H]7O[C@H](CO)[C@H](O)[C@H](O)[C@H]7O[C@@H]7O[C@@H](C)[C@H](O)[C@@H](O)[C@H]7O)[C@H]6O[C@@H]6O[C@H](CO)[C@H](O)[C@H](O)[C@H]6O)C(C)(C)[C@@H]5CC[C@@]4(C)[C@]1(C)C[C@H]2OC(C)=O)O[C@@H]3O. The molecular formula is C61H96O28. The maximum Gasteiger partial charge on any atom is 0.335 e. The highest BCUT2D eigenvalue weighted by molar-refractivity contribution is 5.87. The quantitative estimate of drug-likeness (QED) is 0.0514. The first kappa shape index (κ1) is 69.1. The van der Waals surface area contributed by atoms with Crippen molar-refractivity contribution in [2.24, 2.45) is 50.2 Å². The van der Waals surface area contributed by atoms with Crippen LogP contribution in [0.25, 0.3) is 0 Å². The van der Waals surface area contributed by atoms with E-state index in [1.54, 1.807) is 19.9 Å². The highest BCUT2D eigenvalue weighted by Gasteiger charge is 2.86. The van der Waals surface area contributed by atoms with Gasteiger partial charge in [-0.05, 0) is 100 Å². The molecule has 33 atom stereocenters. The van der Waals surface area contributed by atoms with E-state index in [9.17, 15) is 85.9 Å². The third-order valence-electron chi connectivity index (χ3n) is 24.1. The zero-order valence-corrected chi connectivity index (χ0v) is 52.3. The van der Waals surface area contributed by atoms with Gasteiger partial charge < -0.3 is 124 Å². The summed E-state index contributed by atoms with van der Waals surface area (Å²) in [5, 5.41) is 157. The standard InChI is InChI=1S/C61H96O28/c1-12-23(2)49(77)88-47-46(74)61-30(19-55(47,5)6)60(89-54(61)78)18-14-29-57(9)16-15-31(56(7,8)28(57)13-17-58(29,10)59(60,11)20-32(61)80-25(4)64)83-53-45(87-51-40(72)37(69)34(66)26(21-62)81-51)42(41(73)43(85-53)48(75)76)84-52-44(38(70)35(67)27(22-63)82-52)86-50-39(71)36(68)33(65)24(3)79-50/h12,24,26-47,50-54,62-63,65-74,78H,13-22H2,1-11H3,(H,75,76)/b23-12-/t24-,26+,27+,28-,29+,30-,31-,32+,33-,34-,35-,36+,37-,38-,39+,40+,41-,42-,43-,44+,45+,46-,47-,50-,51-,52-,53+,54-,57-,58+,59-,60-,61+/m0/s1. The van der Waals surface area contributed by atoms with Gasteiger partial charge in [0.05, 0.1) is 36.4 Å². The van der Waals surface area contributed by atoms with Gasteiger partial charge in [-0.2, -0.15) is 0 Å². The lowest BCUT2D eigenvalue weighted by Gasteiger charge is -2.75. The van der Waals surface area contributed by atoms with E-state index >= 15 is 0 Å². The molecule has 14 N–H and O–H groups in total. The third-order valence-corrected chi connectivity index (χ3v) is 24.1. The molecule has 0 aromatic rings. The Morgan fingerprint density at radius 1 is 0.562 bits per heavy atom. The van der Waals surface area contributed by atoms with E-state index in [1.807, 2.05) is 27.7 Å². The molecule has 0 unspecified atom stereocenters. The Hall–Kier alpha value is -2.73. The first-order chi connectivity index (χ1) is 41.5. The van der Waals surface area contributed by atoms with Crippen molar-refractivity contribution in [3.8, 4) is 0 Å². The van der Waals surface area contributed by atoms with E-state index < -0.39 is 229 Å². The number of aliphatic hydroxyl groups excluding tert-OH is 13. The Balaban J connectivity index is 0.979. The maximum absolute atomic E-state index is 13.4. The fraction of sp³-hybridized carbons (Fsp3) is 0.918. The van der Waals surface area contributed by atoms with Crippen molar-refractivity contribution in [1.82, 2.24) is 0 Å². The van der Waals surface area contributed by atoms with Crippen LogP contribution in [-0.4, -0.2) is 262 Å². The highest BCUT2D eigenvalue weighted by atomic mass is 16.8. The van der Waals surface area contributed by atoms with Gasteiger partial charge in [-0.1, -0.05) is 54.5 Å². The number of allylic oxidation sites excluding steroid dienone is 1. The zero-order valence-electron chi connectivity index (χ0n) is 52.3. The second kappa shape index (κ2) is 24.5. The molecule has 5 aliphatic carbocycles. The van der Waals surface area contributed by atoms with Crippen molar-refractivity contribution in [3.63, 3.8) is 0 Å². The molecule has 89 heavy (non-hydrogen) atoms. The molecule has 10 fully saturated rings. The summed E-state index contributed by atoms with van der Waals surface area (Å²) in [6.45, 7) is 18.6. The first-order valence-electron chi connectivity index (χ1n) is 31.3. The van der Waals surface area contributed by atoms with Crippen molar-refractivity contribution in [3.05, 3.63) is 11.6 Å². The van der Waals surface area contributed by atoms with Crippen LogP contribution >= 0.6 is 0 Å². The van der Waals surface area contributed by atoms with E-state index in [-0.39, 0.29) is 24.7 Å². The fourth-order valence-corrected chi connectivity index (χ4v) is 19.0. The normalized spacial score (nSPS) is 53.5. The molecule has 2 bridgehead atoms. The lowest BCUT2D eigenvalue weighted by atomic mass is 9.30. The Bertz CT molecular complexity index is 2620. The minimum atomic E-state index is -2.30. The van der Waals surface area contributed by atoms with Crippen LogP contribution in [0.2, 0.25) is 0 Å². The van der Waals surface area contributed by atoms with E-state index in [0.29, 0.717) is 44.1 Å². The van der Waals surface area contributed by atoms with Crippen LogP contribution in [0.5, 0.6) is 0 Å². The molecule has 5 saturated heterocycles. The molecule has 5 saturated carbocycles. The van der Waals surface area contributed by atoms with Gasteiger partial charge >= 0.3 is 17.9 Å². The smallest absolute Gasteiger partial charge is 0.335 e. The van der Waals surface area contributed by atoms with Gasteiger partial charge in [0.15, 0.2) is 37.6 Å². The first-order valence-corrected chi connectivity index (χ1v) is 31.3. The van der Waals surface area contributed by atoms with E-state index in [2.05, 4.69) is 20.8 Å². The minimum absolute atomic E-state index is 0.0630. The Labute approximate surface area is 516 Å². The van der Waals surface area contributed by atoms with Crippen LogP contribution < -0.4 is 0 Å². The van der Waals surface area contributed by atoms with Crippen LogP contribution in [-0.2, 0) is 66.5 Å². The van der Waals surface area contributed by atoms with Gasteiger partial charge in [0.2, 0.25) is 0 Å². The van der Waals surface area contributed by atoms with Gasteiger partial charge in [-0.3, -0.25) is 4.79 Å². The van der Waals surface area contributed by atoms with Gasteiger partial charge in [-0.15, -0.1) is 0 Å². The van der Waals surface area contributed by atoms with Crippen molar-refractivity contribution < 1.29 is 138 Å². The molecule has 28 nitrogen and oxygen atoms in total. The number of hydrogen-bond donors (Lipinski definition) is 14. The average Bonchev–Trinajstić information content (AvgIpc) is 1.57. The maximum atomic E-state index is 13.4. The Kier molecular flexibility index (Phi) is 19.0. The molecule has 10 aliphatic rings. The summed E-state index contributed by atoms with van der Waals surface area (Å²) in [7, 11) is 0. The number of rotatable bonds is 14. The van der Waals surface area contributed by atoms with Crippen LogP contribution in [0.4, 0.5) is 0 Å². The van der Waals surface area contributed by atoms with E-state index in [4.69, 9.17) is 52.1 Å². The van der Waals surface area contributed by atoms with E-state index in [0.717, 1.165) is 0 Å². The number of fused-ring (bicyclic) bond motifs is 4. The summed E-state index contributed by atoms with van der Waals surface area (Å²) in [4.78, 5) is 40.0. The minimum Gasteiger partial charge on any atom is -0.479 e. The summed E-state index contributed by atoms with van der Waals surface area (Å²) < 4.78 is 68.7. The van der Waals surface area contributed by atoms with Gasteiger partial charge in [0.1, 0.15) is 104 Å².